The van der Waals surface area contributed by atoms with Gasteiger partial charge in [-0.25, -0.2) is 4.98 Å². The molecule has 0 unspecified atom stereocenters. The van der Waals surface area contributed by atoms with Crippen molar-refractivity contribution in [2.24, 2.45) is 0 Å². The van der Waals surface area contributed by atoms with Crippen LogP contribution in [-0.2, 0) is 6.18 Å². The van der Waals surface area contributed by atoms with Crippen molar-refractivity contribution in [2.75, 3.05) is 0 Å². The summed E-state index contributed by atoms with van der Waals surface area (Å²) in [5.41, 5.74) is 1.70. The highest BCUT2D eigenvalue weighted by Gasteiger charge is 2.30. The molecule has 0 saturated carbocycles. The predicted molar refractivity (Wildman–Crippen MR) is 83.7 cm³/mol. The quantitative estimate of drug-likeness (QED) is 0.591. The number of hydrogen-bond acceptors (Lipinski definition) is 2. The number of alkyl halides is 3. The Morgan fingerprint density at radius 1 is 1.00 bits per heavy atom. The summed E-state index contributed by atoms with van der Waals surface area (Å²) in [7, 11) is 0. The first-order valence-corrected chi connectivity index (χ1v) is 7.17. The van der Waals surface area contributed by atoms with E-state index in [1.807, 2.05) is 22.8 Å². The summed E-state index contributed by atoms with van der Waals surface area (Å²) in [6.07, 6.45) is 0.759. The van der Waals surface area contributed by atoms with Crippen LogP contribution in [0, 0.1) is 0 Å². The summed E-state index contributed by atoms with van der Waals surface area (Å²) >= 11 is 0. The minimum absolute atomic E-state index is 0.576. The summed E-state index contributed by atoms with van der Waals surface area (Å²) in [5.74, 6) is 0.576. The second kappa shape index (κ2) is 5.23. The molecular formula is C17H11F3N4. The van der Waals surface area contributed by atoms with E-state index in [0.29, 0.717) is 11.4 Å². The molecule has 0 atom stereocenters. The van der Waals surface area contributed by atoms with Gasteiger partial charge in [0.25, 0.3) is 0 Å². The van der Waals surface area contributed by atoms with Gasteiger partial charge in [-0.15, -0.1) is 0 Å². The van der Waals surface area contributed by atoms with Gasteiger partial charge in [0.1, 0.15) is 5.82 Å². The zero-order valence-corrected chi connectivity index (χ0v) is 12.2. The van der Waals surface area contributed by atoms with Crippen molar-refractivity contribution in [1.29, 1.82) is 0 Å². The molecule has 2 heterocycles. The smallest absolute Gasteiger partial charge is 0.300 e. The molecule has 0 saturated heterocycles. The number of H-pyrrole nitrogens is 1. The average Bonchev–Trinajstić information content (AvgIpc) is 3.22. The van der Waals surface area contributed by atoms with E-state index in [4.69, 9.17) is 0 Å². The van der Waals surface area contributed by atoms with Gasteiger partial charge in [0.15, 0.2) is 0 Å². The lowest BCUT2D eigenvalue weighted by Crippen LogP contribution is -2.04. The third kappa shape index (κ3) is 2.44. The topological polar surface area (TPSA) is 46.5 Å². The Morgan fingerprint density at radius 2 is 1.79 bits per heavy atom. The van der Waals surface area contributed by atoms with E-state index in [0.717, 1.165) is 28.7 Å². The Kier molecular flexibility index (Phi) is 3.16. The van der Waals surface area contributed by atoms with Crippen LogP contribution < -0.4 is 0 Å². The third-order valence-electron chi connectivity index (χ3n) is 3.81. The Labute approximate surface area is 134 Å². The number of benzene rings is 2. The zero-order chi connectivity index (χ0) is 16.7. The van der Waals surface area contributed by atoms with Crippen molar-refractivity contribution >= 4 is 10.9 Å². The van der Waals surface area contributed by atoms with Gasteiger partial charge in [-0.2, -0.15) is 18.3 Å². The van der Waals surface area contributed by atoms with Gasteiger partial charge in [-0.1, -0.05) is 12.1 Å². The highest BCUT2D eigenvalue weighted by Crippen LogP contribution is 2.31. The molecule has 24 heavy (non-hydrogen) atoms. The maximum atomic E-state index is 12.7. The summed E-state index contributed by atoms with van der Waals surface area (Å²) in [4.78, 5) is 4.28. The molecule has 0 aliphatic rings. The van der Waals surface area contributed by atoms with E-state index in [1.54, 1.807) is 18.6 Å². The fourth-order valence-corrected chi connectivity index (χ4v) is 2.61. The van der Waals surface area contributed by atoms with Crippen LogP contribution in [0.2, 0.25) is 0 Å². The zero-order valence-electron chi connectivity index (χ0n) is 12.2. The van der Waals surface area contributed by atoms with Crippen molar-refractivity contribution in [3.05, 3.63) is 66.6 Å². The first-order valence-electron chi connectivity index (χ1n) is 7.17. The lowest BCUT2D eigenvalue weighted by Gasteiger charge is -2.10. The number of fused-ring (bicyclic) bond motifs is 1. The summed E-state index contributed by atoms with van der Waals surface area (Å²) in [6, 6.07) is 10.7. The fourth-order valence-electron chi connectivity index (χ4n) is 2.61. The maximum absolute atomic E-state index is 12.7. The molecule has 0 aliphatic heterocycles. The van der Waals surface area contributed by atoms with Crippen LogP contribution >= 0.6 is 0 Å². The molecule has 2 aromatic carbocycles. The second-order valence-corrected chi connectivity index (χ2v) is 5.34. The van der Waals surface area contributed by atoms with Crippen molar-refractivity contribution in [3.63, 3.8) is 0 Å². The molecule has 4 nitrogen and oxygen atoms in total. The largest absolute Gasteiger partial charge is 0.416 e. The van der Waals surface area contributed by atoms with Gasteiger partial charge < -0.3 is 0 Å². The standard InChI is InChI=1S/C17H11F3N4/c18-17(19,20)13-3-1-11(2-4-13)16-21-7-8-24(16)14-5-6-15-12(9-14)10-22-23-15/h1-10H,(H,22,23). The van der Waals surface area contributed by atoms with E-state index in [-0.39, 0.29) is 0 Å². The highest BCUT2D eigenvalue weighted by molar-refractivity contribution is 5.80. The predicted octanol–water partition coefficient (Wildman–Crippen LogP) is 4.43. The van der Waals surface area contributed by atoms with Gasteiger partial charge in [0, 0.05) is 29.0 Å². The lowest BCUT2D eigenvalue weighted by molar-refractivity contribution is -0.137. The summed E-state index contributed by atoms with van der Waals surface area (Å²) in [6.45, 7) is 0. The molecule has 4 rings (SSSR count). The van der Waals surface area contributed by atoms with Crippen molar-refractivity contribution in [3.8, 4) is 17.1 Å². The monoisotopic (exact) mass is 328 g/mol. The number of aromatic amines is 1. The molecule has 0 bridgehead atoms. The normalized spacial score (nSPS) is 12.0. The summed E-state index contributed by atoms with van der Waals surface area (Å²) in [5, 5.41) is 7.80. The first-order chi connectivity index (χ1) is 11.5. The Bertz CT molecular complexity index is 997. The number of rotatable bonds is 2. The highest BCUT2D eigenvalue weighted by atomic mass is 19.4. The van der Waals surface area contributed by atoms with Crippen LogP contribution in [0.5, 0.6) is 0 Å². The third-order valence-corrected chi connectivity index (χ3v) is 3.81. The first kappa shape index (κ1) is 14.5. The molecule has 0 fully saturated rings. The van der Waals surface area contributed by atoms with Crippen LogP contribution in [-0.4, -0.2) is 19.7 Å². The van der Waals surface area contributed by atoms with Crippen LogP contribution in [0.15, 0.2) is 61.1 Å². The molecule has 120 valence electrons. The molecule has 0 amide bonds. The Hall–Kier alpha value is -3.09. The van der Waals surface area contributed by atoms with Crippen LogP contribution in [0.4, 0.5) is 13.2 Å². The lowest BCUT2D eigenvalue weighted by atomic mass is 10.1. The number of halogens is 3. The van der Waals surface area contributed by atoms with Gasteiger partial charge in [0.05, 0.1) is 17.3 Å². The SMILES string of the molecule is FC(F)(F)c1ccc(-c2nccn2-c2ccc3[nH]ncc3c2)cc1. The number of nitrogens with zero attached hydrogens (tertiary/aromatic N) is 3. The Morgan fingerprint density at radius 3 is 2.54 bits per heavy atom. The molecule has 2 aromatic heterocycles. The van der Waals surface area contributed by atoms with Gasteiger partial charge in [-0.05, 0) is 30.3 Å². The maximum Gasteiger partial charge on any atom is 0.416 e. The minimum Gasteiger partial charge on any atom is -0.300 e. The number of aromatic nitrogens is 4. The van der Waals surface area contributed by atoms with Gasteiger partial charge >= 0.3 is 6.18 Å². The molecular weight excluding hydrogens is 317 g/mol. The van der Waals surface area contributed by atoms with Crippen LogP contribution in [0.3, 0.4) is 0 Å². The van der Waals surface area contributed by atoms with E-state index < -0.39 is 11.7 Å². The fraction of sp³-hybridized carbons (Fsp3) is 0.0588. The van der Waals surface area contributed by atoms with E-state index in [2.05, 4.69) is 15.2 Å². The second-order valence-electron chi connectivity index (χ2n) is 5.34. The number of imidazole rings is 1. The molecule has 4 aromatic rings. The molecule has 0 radical (unpaired) electrons. The van der Waals surface area contributed by atoms with Crippen molar-refractivity contribution in [2.45, 2.75) is 6.18 Å². The minimum atomic E-state index is -4.35. The van der Waals surface area contributed by atoms with Gasteiger partial charge in [-0.3, -0.25) is 9.67 Å². The average molecular weight is 328 g/mol. The van der Waals surface area contributed by atoms with Crippen LogP contribution in [0.25, 0.3) is 28.0 Å². The van der Waals surface area contributed by atoms with Crippen LogP contribution in [0.1, 0.15) is 5.56 Å². The molecule has 0 spiro atoms. The molecule has 1 N–H and O–H groups in total. The van der Waals surface area contributed by atoms with Crippen molar-refractivity contribution < 1.29 is 13.2 Å². The van der Waals surface area contributed by atoms with E-state index in [1.165, 1.54) is 12.1 Å². The van der Waals surface area contributed by atoms with E-state index in [9.17, 15) is 13.2 Å². The van der Waals surface area contributed by atoms with Gasteiger partial charge in [0.2, 0.25) is 0 Å². The summed E-state index contributed by atoms with van der Waals surface area (Å²) < 4.78 is 39.9. The molecule has 7 heteroatoms. The Balaban J connectivity index is 1.77. The number of nitrogens with one attached hydrogen (secondary N) is 1. The van der Waals surface area contributed by atoms with Crippen molar-refractivity contribution in [1.82, 2.24) is 19.7 Å². The van der Waals surface area contributed by atoms with E-state index >= 15 is 0 Å². The number of hydrogen-bond donors (Lipinski definition) is 1. The molecule has 0 aliphatic carbocycles.